The van der Waals surface area contributed by atoms with E-state index in [0.29, 0.717) is 5.02 Å². The Balaban J connectivity index is 1.43. The average Bonchev–Trinajstić information content (AvgIpc) is 3.07. The summed E-state index contributed by atoms with van der Waals surface area (Å²) >= 11 is 5.82. The topological polar surface area (TPSA) is 109 Å². The number of benzene rings is 1. The van der Waals surface area contributed by atoms with Crippen molar-refractivity contribution in [2.45, 2.75) is 31.5 Å². The van der Waals surface area contributed by atoms with E-state index >= 15 is 0 Å². The van der Waals surface area contributed by atoms with E-state index in [1.165, 1.54) is 0 Å². The third-order valence-corrected chi connectivity index (χ3v) is 6.07. The molecule has 0 bridgehead atoms. The molecule has 12 heteroatoms. The van der Waals surface area contributed by atoms with E-state index in [-0.39, 0.29) is 19.6 Å². The lowest BCUT2D eigenvalue weighted by molar-refractivity contribution is -0.0731. The van der Waals surface area contributed by atoms with Crippen molar-refractivity contribution in [2.24, 2.45) is 0 Å². The van der Waals surface area contributed by atoms with Crippen LogP contribution in [0.15, 0.2) is 40.1 Å². The second kappa shape index (κ2) is 7.55. The molecule has 4 rings (SSSR count). The van der Waals surface area contributed by atoms with Gasteiger partial charge in [0.15, 0.2) is 0 Å². The van der Waals surface area contributed by atoms with Crippen molar-refractivity contribution >= 4 is 19.4 Å². The van der Waals surface area contributed by atoms with Gasteiger partial charge in [-0.15, -0.1) is 0 Å². The molecular formula is C16H15ClFN2O7P. The van der Waals surface area contributed by atoms with E-state index in [4.69, 9.17) is 29.9 Å². The Morgan fingerprint density at radius 3 is 2.79 bits per heavy atom. The van der Waals surface area contributed by atoms with Gasteiger partial charge >= 0.3 is 13.5 Å². The maximum atomic E-state index is 13.5. The van der Waals surface area contributed by atoms with Gasteiger partial charge in [-0.2, -0.15) is 4.39 Å². The van der Waals surface area contributed by atoms with Gasteiger partial charge in [0, 0.05) is 11.4 Å². The summed E-state index contributed by atoms with van der Waals surface area (Å²) in [6, 6.07) is 6.77. The summed E-state index contributed by atoms with van der Waals surface area (Å²) in [6.07, 6.45) is -1.33. The molecule has 0 amide bonds. The fourth-order valence-corrected chi connectivity index (χ4v) is 4.48. The number of nitrogens with zero attached hydrogens (tertiary/aromatic N) is 1. The van der Waals surface area contributed by atoms with E-state index < -0.39 is 43.3 Å². The number of fused-ring (bicyclic) bond motifs is 1. The molecule has 0 spiro atoms. The first-order valence-electron chi connectivity index (χ1n) is 8.31. The predicted octanol–water partition coefficient (Wildman–Crippen LogP) is 2.36. The number of ether oxygens (including phenoxy) is 1. The lowest BCUT2D eigenvalue weighted by atomic mass is 10.2. The lowest BCUT2D eigenvalue weighted by Crippen LogP contribution is -2.34. The molecule has 2 saturated heterocycles. The lowest BCUT2D eigenvalue weighted by Gasteiger charge is -2.29. The van der Waals surface area contributed by atoms with Crippen LogP contribution in [-0.2, 0) is 29.5 Å². The molecule has 28 heavy (non-hydrogen) atoms. The standard InChI is InChI=1S/C16H15ClFN2O7P/c17-10-3-1-9(2-4-10)7-24-28(23)25-8-13-12(27-28)5-14(26-13)20-6-11(18)15(21)19-16(20)22/h1-4,6,12-14H,5,7-8H2,(H,19,21,22)/t12-,13+,14+,28?/m0/s1. The van der Waals surface area contributed by atoms with Crippen LogP contribution in [0.1, 0.15) is 18.2 Å². The van der Waals surface area contributed by atoms with Crippen molar-refractivity contribution in [1.82, 2.24) is 9.55 Å². The van der Waals surface area contributed by atoms with Gasteiger partial charge in [-0.05, 0) is 17.7 Å². The zero-order valence-electron chi connectivity index (χ0n) is 14.2. The van der Waals surface area contributed by atoms with Gasteiger partial charge in [-0.3, -0.25) is 27.9 Å². The zero-order valence-corrected chi connectivity index (χ0v) is 15.9. The van der Waals surface area contributed by atoms with Crippen LogP contribution in [0.3, 0.4) is 0 Å². The summed E-state index contributed by atoms with van der Waals surface area (Å²) in [5.74, 6) is -1.12. The molecule has 1 aromatic heterocycles. The average molecular weight is 433 g/mol. The van der Waals surface area contributed by atoms with Gasteiger partial charge in [0.1, 0.15) is 18.4 Å². The summed E-state index contributed by atoms with van der Waals surface area (Å²) in [7, 11) is -3.84. The van der Waals surface area contributed by atoms with Crippen LogP contribution in [0.5, 0.6) is 0 Å². The quantitative estimate of drug-likeness (QED) is 0.739. The highest BCUT2D eigenvalue weighted by molar-refractivity contribution is 7.48. The van der Waals surface area contributed by atoms with Crippen LogP contribution in [-0.4, -0.2) is 28.4 Å². The van der Waals surface area contributed by atoms with Gasteiger partial charge in [-0.1, -0.05) is 23.7 Å². The van der Waals surface area contributed by atoms with E-state index in [1.54, 1.807) is 24.3 Å². The Morgan fingerprint density at radius 2 is 2.04 bits per heavy atom. The molecule has 0 saturated carbocycles. The second-order valence-corrected chi connectivity index (χ2v) is 8.35. The number of phosphoric ester groups is 1. The SMILES string of the molecule is O=c1[nH]c(=O)n([C@H]2C[C@@H]3OP(=O)(OCc4ccc(Cl)cc4)OC[C@H]3O2)cc1F. The van der Waals surface area contributed by atoms with Crippen molar-refractivity contribution in [1.29, 1.82) is 0 Å². The van der Waals surface area contributed by atoms with E-state index in [1.807, 2.05) is 4.98 Å². The first-order chi connectivity index (χ1) is 13.3. The molecule has 3 heterocycles. The number of aromatic nitrogens is 2. The summed E-state index contributed by atoms with van der Waals surface area (Å²) in [5.41, 5.74) is -1.21. The number of phosphoric acid groups is 1. The molecule has 9 nitrogen and oxygen atoms in total. The van der Waals surface area contributed by atoms with Crippen molar-refractivity contribution in [3.05, 3.63) is 67.7 Å². The smallest absolute Gasteiger partial charge is 0.349 e. The monoisotopic (exact) mass is 432 g/mol. The van der Waals surface area contributed by atoms with Crippen LogP contribution < -0.4 is 11.2 Å². The van der Waals surface area contributed by atoms with Crippen molar-refractivity contribution < 1.29 is 27.3 Å². The number of halogens is 2. The number of rotatable bonds is 4. The van der Waals surface area contributed by atoms with Crippen molar-refractivity contribution in [2.75, 3.05) is 6.61 Å². The summed E-state index contributed by atoms with van der Waals surface area (Å²) < 4.78 is 48.8. The molecule has 4 atom stereocenters. The highest BCUT2D eigenvalue weighted by Gasteiger charge is 2.48. The summed E-state index contributed by atoms with van der Waals surface area (Å²) in [4.78, 5) is 24.9. The van der Waals surface area contributed by atoms with Gasteiger partial charge in [0.05, 0.1) is 19.4 Å². The molecule has 1 aromatic carbocycles. The van der Waals surface area contributed by atoms with E-state index in [0.717, 1.165) is 16.3 Å². The number of aromatic amines is 1. The molecule has 0 aliphatic carbocycles. The van der Waals surface area contributed by atoms with Crippen LogP contribution in [0.4, 0.5) is 4.39 Å². The fourth-order valence-electron chi connectivity index (χ4n) is 2.97. The maximum Gasteiger partial charge on any atom is 0.475 e. The molecule has 0 radical (unpaired) electrons. The minimum atomic E-state index is -3.84. The molecular weight excluding hydrogens is 418 g/mol. The van der Waals surface area contributed by atoms with Crippen LogP contribution in [0.2, 0.25) is 5.02 Å². The Kier molecular flexibility index (Phi) is 5.26. The molecule has 1 unspecified atom stereocenters. The number of hydrogen-bond acceptors (Lipinski definition) is 7. The van der Waals surface area contributed by atoms with Crippen molar-refractivity contribution in [3.8, 4) is 0 Å². The Bertz CT molecular complexity index is 1040. The van der Waals surface area contributed by atoms with E-state index in [2.05, 4.69) is 0 Å². The van der Waals surface area contributed by atoms with Gasteiger partial charge < -0.3 is 4.74 Å². The number of hydrogen-bond donors (Lipinski definition) is 1. The number of H-pyrrole nitrogens is 1. The zero-order chi connectivity index (χ0) is 19.9. The highest BCUT2D eigenvalue weighted by atomic mass is 35.5. The third-order valence-electron chi connectivity index (χ3n) is 4.38. The Morgan fingerprint density at radius 1 is 1.29 bits per heavy atom. The first-order valence-corrected chi connectivity index (χ1v) is 10.2. The van der Waals surface area contributed by atoms with Gasteiger partial charge in [0.2, 0.25) is 5.82 Å². The van der Waals surface area contributed by atoms with Crippen molar-refractivity contribution in [3.63, 3.8) is 0 Å². The van der Waals surface area contributed by atoms with Gasteiger partial charge in [-0.25, -0.2) is 9.36 Å². The van der Waals surface area contributed by atoms with Crippen LogP contribution in [0, 0.1) is 5.82 Å². The molecule has 2 aliphatic rings. The summed E-state index contributed by atoms with van der Waals surface area (Å²) in [5, 5.41) is 0.562. The van der Waals surface area contributed by atoms with Crippen LogP contribution >= 0.6 is 19.4 Å². The normalized spacial score (nSPS) is 29.6. The fraction of sp³-hybridized carbons (Fsp3) is 0.375. The van der Waals surface area contributed by atoms with Crippen LogP contribution in [0.25, 0.3) is 0 Å². The second-order valence-electron chi connectivity index (χ2n) is 6.30. The third kappa shape index (κ3) is 3.98. The summed E-state index contributed by atoms with van der Waals surface area (Å²) in [6.45, 7) is -0.0969. The minimum absolute atomic E-state index is 0.0132. The molecule has 2 aromatic rings. The Hall–Kier alpha value is -1.81. The minimum Gasteiger partial charge on any atom is -0.349 e. The van der Waals surface area contributed by atoms with E-state index in [9.17, 15) is 18.5 Å². The first kappa shape index (κ1) is 19.5. The largest absolute Gasteiger partial charge is 0.475 e. The molecule has 2 aliphatic heterocycles. The number of nitrogens with one attached hydrogen (secondary N) is 1. The predicted molar refractivity (Wildman–Crippen MR) is 94.5 cm³/mol. The Labute approximate surface area is 162 Å². The molecule has 1 N–H and O–H groups in total. The van der Waals surface area contributed by atoms with Gasteiger partial charge in [0.25, 0.3) is 5.56 Å². The molecule has 150 valence electrons. The maximum absolute atomic E-state index is 13.5. The molecule has 2 fully saturated rings. The highest BCUT2D eigenvalue weighted by Crippen LogP contribution is 2.57.